The van der Waals surface area contributed by atoms with Crippen molar-refractivity contribution in [3.05, 3.63) is 0 Å². The van der Waals surface area contributed by atoms with Crippen LogP contribution in [-0.2, 0) is 0 Å². The highest BCUT2D eigenvalue weighted by atomic mass is 16.3. The van der Waals surface area contributed by atoms with Crippen LogP contribution in [0.5, 0.6) is 0 Å². The fourth-order valence-corrected chi connectivity index (χ4v) is 4.79. The Balaban J connectivity index is 1.67. The molecule has 0 atom stereocenters. The predicted molar refractivity (Wildman–Crippen MR) is 61.9 cm³/mol. The zero-order valence-corrected chi connectivity index (χ0v) is 10.2. The van der Waals surface area contributed by atoms with Crippen LogP contribution in [0.25, 0.3) is 0 Å². The molecule has 0 aliphatic heterocycles. The average molecular weight is 246 g/mol. The summed E-state index contributed by atoms with van der Waals surface area (Å²) in [5.41, 5.74) is -0.199. The summed E-state index contributed by atoms with van der Waals surface area (Å²) in [7, 11) is 0. The molecule has 6 nitrogen and oxygen atoms in total. The number of nitrogens with zero attached hydrogens (tertiary/aromatic N) is 4. The zero-order valence-electron chi connectivity index (χ0n) is 10.2. The molecular weight excluding hydrogens is 230 g/mol. The van der Waals surface area contributed by atoms with E-state index < -0.39 is 0 Å². The van der Waals surface area contributed by atoms with Crippen molar-refractivity contribution in [2.75, 3.05) is 0 Å². The van der Waals surface area contributed by atoms with Crippen molar-refractivity contribution >= 4 is 11.8 Å². The van der Waals surface area contributed by atoms with E-state index in [-0.39, 0.29) is 17.3 Å². The molecule has 4 bridgehead atoms. The van der Waals surface area contributed by atoms with Gasteiger partial charge in [-0.2, -0.15) is 5.21 Å². The number of aliphatic imine (C=N–C) groups is 1. The molecule has 1 N–H and O–H groups in total. The monoisotopic (exact) mass is 246 g/mol. The van der Waals surface area contributed by atoms with E-state index in [0.717, 1.165) is 37.0 Å². The standard InChI is InChI=1S/C12H17N5O/c18-10(13-11-14-16-17-15-11)12-4-7-1-8(5-12)3-9(2-7)6-12/h7-9H,1-6H2,(H2,13,14,15,16,17,18)/p-1. The molecule has 0 unspecified atom stereocenters. The minimum atomic E-state index is -0.199. The fraction of sp³-hybridized carbons (Fsp3) is 0.833. The second-order valence-electron chi connectivity index (χ2n) is 6.33. The van der Waals surface area contributed by atoms with Crippen molar-refractivity contribution < 1.29 is 5.11 Å². The summed E-state index contributed by atoms with van der Waals surface area (Å²) in [4.78, 5) is 4.05. The van der Waals surface area contributed by atoms with E-state index in [1.165, 1.54) is 19.3 Å². The number of tetrazole rings is 1. The number of aromatic amines is 1. The van der Waals surface area contributed by atoms with Crippen molar-refractivity contribution in [2.45, 2.75) is 38.5 Å². The maximum absolute atomic E-state index is 12.5. The number of aromatic nitrogens is 4. The molecular formula is C12H16N5O-. The van der Waals surface area contributed by atoms with Crippen LogP contribution in [0.1, 0.15) is 38.5 Å². The van der Waals surface area contributed by atoms with Gasteiger partial charge in [0.25, 0.3) is 5.95 Å². The SMILES string of the molecule is [O-]C(=Nc1nn[nH]n1)C12CC3CC(CC(C3)C1)C2. The number of rotatable bonds is 2. The maximum Gasteiger partial charge on any atom is 0.287 e. The molecule has 0 aromatic carbocycles. The third kappa shape index (κ3) is 1.47. The summed E-state index contributed by atoms with van der Waals surface area (Å²) in [6.07, 6.45) is 7.07. The van der Waals surface area contributed by atoms with E-state index in [9.17, 15) is 5.11 Å². The predicted octanol–water partition coefficient (Wildman–Crippen LogP) is 0.806. The molecule has 0 spiro atoms. The van der Waals surface area contributed by atoms with E-state index in [1.54, 1.807) is 0 Å². The molecule has 1 heterocycles. The average Bonchev–Trinajstić information content (AvgIpc) is 2.79. The zero-order chi connectivity index (χ0) is 12.2. The quantitative estimate of drug-likeness (QED) is 0.617. The Morgan fingerprint density at radius 3 is 2.28 bits per heavy atom. The first-order valence-corrected chi connectivity index (χ1v) is 6.73. The largest absolute Gasteiger partial charge is 0.861 e. The lowest BCUT2D eigenvalue weighted by atomic mass is 9.49. The van der Waals surface area contributed by atoms with Crippen molar-refractivity contribution in [2.24, 2.45) is 28.2 Å². The van der Waals surface area contributed by atoms with Crippen LogP contribution in [0.15, 0.2) is 4.99 Å². The van der Waals surface area contributed by atoms with Crippen molar-refractivity contribution in [1.82, 2.24) is 20.6 Å². The highest BCUT2D eigenvalue weighted by molar-refractivity contribution is 5.81. The molecule has 1 aromatic rings. The molecule has 6 heteroatoms. The number of nitrogens with one attached hydrogen (secondary N) is 1. The molecule has 0 radical (unpaired) electrons. The normalized spacial score (nSPS) is 42.4. The lowest BCUT2D eigenvalue weighted by molar-refractivity contribution is -0.241. The Hall–Kier alpha value is -1.46. The topological polar surface area (TPSA) is 89.9 Å². The molecule has 4 aliphatic carbocycles. The second-order valence-corrected chi connectivity index (χ2v) is 6.33. The van der Waals surface area contributed by atoms with Gasteiger partial charge in [0.05, 0.1) is 0 Å². The molecule has 18 heavy (non-hydrogen) atoms. The summed E-state index contributed by atoms with van der Waals surface area (Å²) in [6.45, 7) is 0. The Morgan fingerprint density at radius 2 is 1.78 bits per heavy atom. The molecule has 4 fully saturated rings. The first kappa shape index (κ1) is 10.5. The molecule has 96 valence electrons. The van der Waals surface area contributed by atoms with Crippen LogP contribution in [0.4, 0.5) is 5.95 Å². The van der Waals surface area contributed by atoms with E-state index in [1.807, 2.05) is 0 Å². The molecule has 1 aromatic heterocycles. The molecule has 4 saturated carbocycles. The smallest absolute Gasteiger partial charge is 0.287 e. The van der Waals surface area contributed by atoms with Gasteiger partial charge >= 0.3 is 0 Å². The van der Waals surface area contributed by atoms with Crippen LogP contribution >= 0.6 is 0 Å². The Labute approximate surface area is 105 Å². The van der Waals surface area contributed by atoms with Gasteiger partial charge < -0.3 is 5.11 Å². The van der Waals surface area contributed by atoms with Gasteiger partial charge in [-0.25, -0.2) is 4.99 Å². The number of H-pyrrole nitrogens is 1. The van der Waals surface area contributed by atoms with Crippen molar-refractivity contribution in [3.8, 4) is 0 Å². The molecule has 0 amide bonds. The van der Waals surface area contributed by atoms with Crippen LogP contribution in [-0.4, -0.2) is 26.5 Å². The highest BCUT2D eigenvalue weighted by Gasteiger charge is 2.51. The van der Waals surface area contributed by atoms with Gasteiger partial charge in [-0.15, -0.1) is 5.10 Å². The summed E-state index contributed by atoms with van der Waals surface area (Å²) in [5, 5.41) is 25.7. The fourth-order valence-electron chi connectivity index (χ4n) is 4.79. The Morgan fingerprint density at radius 1 is 1.17 bits per heavy atom. The van der Waals surface area contributed by atoms with Gasteiger partial charge in [-0.05, 0) is 72.8 Å². The Kier molecular flexibility index (Phi) is 2.05. The second kappa shape index (κ2) is 3.52. The van der Waals surface area contributed by atoms with Crippen molar-refractivity contribution in [1.29, 1.82) is 0 Å². The third-order valence-electron chi connectivity index (χ3n) is 5.03. The summed E-state index contributed by atoms with van der Waals surface area (Å²) in [5.74, 6) is 2.42. The molecule has 5 rings (SSSR count). The summed E-state index contributed by atoms with van der Waals surface area (Å²) < 4.78 is 0. The summed E-state index contributed by atoms with van der Waals surface area (Å²) in [6, 6.07) is 0. The van der Waals surface area contributed by atoms with E-state index >= 15 is 0 Å². The van der Waals surface area contributed by atoms with E-state index in [2.05, 4.69) is 25.6 Å². The minimum absolute atomic E-state index is 0.0111. The first-order chi connectivity index (χ1) is 8.73. The van der Waals surface area contributed by atoms with Gasteiger partial charge in [-0.3, -0.25) is 0 Å². The number of hydrogen-bond acceptors (Lipinski definition) is 5. The van der Waals surface area contributed by atoms with Crippen LogP contribution in [0.3, 0.4) is 0 Å². The molecule has 0 saturated heterocycles. The summed E-state index contributed by atoms with van der Waals surface area (Å²) >= 11 is 0. The lowest BCUT2D eigenvalue weighted by Crippen LogP contribution is -2.53. The van der Waals surface area contributed by atoms with Crippen LogP contribution in [0.2, 0.25) is 0 Å². The third-order valence-corrected chi connectivity index (χ3v) is 5.03. The first-order valence-electron chi connectivity index (χ1n) is 6.73. The lowest BCUT2D eigenvalue weighted by Gasteiger charge is -2.58. The van der Waals surface area contributed by atoms with Gasteiger partial charge in [-0.1, -0.05) is 5.10 Å². The minimum Gasteiger partial charge on any atom is -0.861 e. The van der Waals surface area contributed by atoms with Crippen LogP contribution < -0.4 is 5.11 Å². The van der Waals surface area contributed by atoms with Gasteiger partial charge in [0.1, 0.15) is 0 Å². The van der Waals surface area contributed by atoms with E-state index in [4.69, 9.17) is 0 Å². The van der Waals surface area contributed by atoms with Crippen LogP contribution in [0, 0.1) is 23.2 Å². The highest BCUT2D eigenvalue weighted by Crippen LogP contribution is 2.60. The van der Waals surface area contributed by atoms with E-state index in [0.29, 0.717) is 0 Å². The van der Waals surface area contributed by atoms with Crippen molar-refractivity contribution in [3.63, 3.8) is 0 Å². The maximum atomic E-state index is 12.5. The Bertz CT molecular complexity index is 445. The van der Waals surface area contributed by atoms with Gasteiger partial charge in [0.2, 0.25) is 0 Å². The number of hydrogen-bond donors (Lipinski definition) is 1. The van der Waals surface area contributed by atoms with Gasteiger partial charge in [0.15, 0.2) is 0 Å². The van der Waals surface area contributed by atoms with Gasteiger partial charge in [0, 0.05) is 0 Å². The molecule has 4 aliphatic rings.